The highest BCUT2D eigenvalue weighted by Crippen LogP contribution is 2.42. The van der Waals surface area contributed by atoms with Gasteiger partial charge < -0.3 is 10.1 Å². The number of para-hydroxylation sites is 2. The third kappa shape index (κ3) is 3.02. The summed E-state index contributed by atoms with van der Waals surface area (Å²) in [5.41, 5.74) is 2.94. The fourth-order valence-electron chi connectivity index (χ4n) is 2.69. The van der Waals surface area contributed by atoms with Crippen molar-refractivity contribution in [3.05, 3.63) is 78.9 Å². The first-order chi connectivity index (χ1) is 12.5. The monoisotopic (exact) mass is 364 g/mol. The van der Waals surface area contributed by atoms with Crippen LogP contribution in [-0.2, 0) is 10.0 Å². The molecular weight excluding hydrogens is 348 g/mol. The molecule has 1 aliphatic rings. The van der Waals surface area contributed by atoms with Gasteiger partial charge in [-0.25, -0.2) is 8.42 Å². The van der Waals surface area contributed by atoms with Gasteiger partial charge in [-0.3, -0.25) is 4.72 Å². The molecular formula is C20H16N2O3S. The molecule has 0 aliphatic carbocycles. The molecule has 1 aliphatic heterocycles. The van der Waals surface area contributed by atoms with Crippen molar-refractivity contribution in [2.45, 2.75) is 4.90 Å². The predicted octanol–water partition coefficient (Wildman–Crippen LogP) is 4.98. The predicted molar refractivity (Wildman–Crippen MR) is 104 cm³/mol. The molecule has 0 spiro atoms. The Morgan fingerprint density at radius 3 is 2.42 bits per heavy atom. The molecule has 0 bridgehead atoms. The molecule has 130 valence electrons. The molecule has 0 atom stereocenters. The second-order valence-electron chi connectivity index (χ2n) is 5.81. The molecule has 6 heteroatoms. The summed E-state index contributed by atoms with van der Waals surface area (Å²) >= 11 is 0. The Kier molecular flexibility index (Phi) is 3.89. The summed E-state index contributed by atoms with van der Waals surface area (Å²) in [5, 5.41) is 3.26. The van der Waals surface area contributed by atoms with Gasteiger partial charge in [0.1, 0.15) is 0 Å². The van der Waals surface area contributed by atoms with Gasteiger partial charge in [-0.2, -0.15) is 0 Å². The van der Waals surface area contributed by atoms with Crippen LogP contribution in [0.4, 0.5) is 17.1 Å². The maximum Gasteiger partial charge on any atom is 0.261 e. The van der Waals surface area contributed by atoms with Gasteiger partial charge in [-0.1, -0.05) is 36.9 Å². The first kappa shape index (κ1) is 16.2. The first-order valence-corrected chi connectivity index (χ1v) is 9.47. The number of sulfonamides is 1. The van der Waals surface area contributed by atoms with Crippen molar-refractivity contribution in [2.75, 3.05) is 10.0 Å². The van der Waals surface area contributed by atoms with Crippen LogP contribution in [0.3, 0.4) is 0 Å². The summed E-state index contributed by atoms with van der Waals surface area (Å²) in [5.74, 6) is 1.26. The molecule has 2 N–H and O–H groups in total. The van der Waals surface area contributed by atoms with Crippen molar-refractivity contribution in [2.24, 2.45) is 0 Å². The van der Waals surface area contributed by atoms with Crippen molar-refractivity contribution in [1.82, 2.24) is 0 Å². The van der Waals surface area contributed by atoms with Gasteiger partial charge >= 0.3 is 0 Å². The Hall–Kier alpha value is -3.25. The third-order valence-corrected chi connectivity index (χ3v) is 5.43. The minimum atomic E-state index is -3.69. The van der Waals surface area contributed by atoms with Gasteiger partial charge in [-0.15, -0.1) is 0 Å². The molecule has 0 aromatic heterocycles. The highest BCUT2D eigenvalue weighted by molar-refractivity contribution is 7.92. The molecule has 3 aromatic carbocycles. The van der Waals surface area contributed by atoms with E-state index < -0.39 is 10.0 Å². The van der Waals surface area contributed by atoms with Gasteiger partial charge in [0.25, 0.3) is 10.0 Å². The van der Waals surface area contributed by atoms with Gasteiger partial charge in [0.05, 0.1) is 22.0 Å². The molecule has 1 heterocycles. The summed E-state index contributed by atoms with van der Waals surface area (Å²) in [7, 11) is -3.69. The van der Waals surface area contributed by atoms with E-state index in [1.165, 1.54) is 0 Å². The third-order valence-electron chi connectivity index (χ3n) is 4.04. The Bertz CT molecular complexity index is 1090. The van der Waals surface area contributed by atoms with Crippen LogP contribution in [0.25, 0.3) is 6.08 Å². The maximum atomic E-state index is 12.6. The highest BCUT2D eigenvalue weighted by Gasteiger charge is 2.19. The van der Waals surface area contributed by atoms with Crippen LogP contribution in [0.5, 0.6) is 11.5 Å². The van der Waals surface area contributed by atoms with Crippen molar-refractivity contribution >= 4 is 33.2 Å². The zero-order chi connectivity index (χ0) is 18.1. The lowest BCUT2D eigenvalue weighted by Crippen LogP contribution is -2.13. The van der Waals surface area contributed by atoms with Crippen LogP contribution in [0, 0.1) is 0 Å². The smallest absolute Gasteiger partial charge is 0.261 e. The lowest BCUT2D eigenvalue weighted by molar-refractivity contribution is 0.481. The van der Waals surface area contributed by atoms with E-state index in [-0.39, 0.29) is 4.90 Å². The summed E-state index contributed by atoms with van der Waals surface area (Å²) in [6.45, 7) is 3.66. The van der Waals surface area contributed by atoms with Crippen LogP contribution in [-0.4, -0.2) is 8.42 Å². The van der Waals surface area contributed by atoms with E-state index in [1.807, 2.05) is 24.3 Å². The van der Waals surface area contributed by atoms with Crippen molar-refractivity contribution < 1.29 is 13.2 Å². The Balaban J connectivity index is 1.60. The van der Waals surface area contributed by atoms with Crippen LogP contribution in [0.2, 0.25) is 0 Å². The Morgan fingerprint density at radius 1 is 0.923 bits per heavy atom. The van der Waals surface area contributed by atoms with E-state index in [9.17, 15) is 8.42 Å². The van der Waals surface area contributed by atoms with E-state index in [2.05, 4.69) is 16.6 Å². The number of benzene rings is 3. The minimum Gasteiger partial charge on any atom is -0.453 e. The fourth-order valence-corrected chi connectivity index (χ4v) is 3.74. The van der Waals surface area contributed by atoms with Crippen LogP contribution >= 0.6 is 0 Å². The van der Waals surface area contributed by atoms with Gasteiger partial charge in [-0.05, 0) is 42.0 Å². The Labute approximate surface area is 152 Å². The Morgan fingerprint density at radius 2 is 1.65 bits per heavy atom. The SMILES string of the molecule is C=Cc1ccc(S(=O)(=O)Nc2ccc3c(c2)Oc2ccccc2N3)cc1. The van der Waals surface area contributed by atoms with E-state index in [0.29, 0.717) is 17.2 Å². The zero-order valence-corrected chi connectivity index (χ0v) is 14.6. The zero-order valence-electron chi connectivity index (χ0n) is 13.8. The van der Waals surface area contributed by atoms with Crippen molar-refractivity contribution in [1.29, 1.82) is 0 Å². The van der Waals surface area contributed by atoms with Crippen LogP contribution in [0.1, 0.15) is 5.56 Å². The van der Waals surface area contributed by atoms with Crippen molar-refractivity contribution in [3.8, 4) is 11.5 Å². The second-order valence-corrected chi connectivity index (χ2v) is 7.50. The summed E-state index contributed by atoms with van der Waals surface area (Å²) in [4.78, 5) is 0.185. The lowest BCUT2D eigenvalue weighted by atomic mass is 10.2. The quantitative estimate of drug-likeness (QED) is 0.536. The molecule has 0 amide bonds. The van der Waals surface area contributed by atoms with E-state index in [0.717, 1.165) is 16.9 Å². The molecule has 0 radical (unpaired) electrons. The first-order valence-electron chi connectivity index (χ1n) is 7.98. The average Bonchev–Trinajstić information content (AvgIpc) is 2.66. The van der Waals surface area contributed by atoms with Crippen LogP contribution in [0.15, 0.2) is 78.2 Å². The molecule has 0 saturated heterocycles. The molecule has 0 fully saturated rings. The molecule has 0 saturated carbocycles. The number of rotatable bonds is 4. The molecule has 26 heavy (non-hydrogen) atoms. The van der Waals surface area contributed by atoms with E-state index in [4.69, 9.17) is 4.74 Å². The van der Waals surface area contributed by atoms with E-state index in [1.54, 1.807) is 48.5 Å². The number of nitrogens with one attached hydrogen (secondary N) is 2. The lowest BCUT2D eigenvalue weighted by Gasteiger charge is -2.22. The maximum absolute atomic E-state index is 12.6. The average molecular weight is 364 g/mol. The highest BCUT2D eigenvalue weighted by atomic mass is 32.2. The molecule has 4 rings (SSSR count). The number of hydrogen-bond acceptors (Lipinski definition) is 4. The normalized spacial score (nSPS) is 12.2. The van der Waals surface area contributed by atoms with Gasteiger partial charge in [0.2, 0.25) is 0 Å². The number of fused-ring (bicyclic) bond motifs is 2. The topological polar surface area (TPSA) is 67.4 Å². The van der Waals surface area contributed by atoms with Gasteiger partial charge in [0, 0.05) is 6.07 Å². The largest absolute Gasteiger partial charge is 0.453 e. The van der Waals surface area contributed by atoms with Crippen LogP contribution < -0.4 is 14.8 Å². The summed E-state index contributed by atoms with van der Waals surface area (Å²) in [6, 6.07) is 19.2. The van der Waals surface area contributed by atoms with Crippen molar-refractivity contribution in [3.63, 3.8) is 0 Å². The standard InChI is InChI=1S/C20H16N2O3S/c1-2-14-7-10-16(11-8-14)26(23,24)22-15-9-12-18-20(13-15)25-19-6-4-3-5-17(19)21-18/h2-13,21-22H,1H2. The number of ether oxygens (including phenoxy) is 1. The number of hydrogen-bond donors (Lipinski definition) is 2. The number of anilines is 3. The molecule has 5 nitrogen and oxygen atoms in total. The molecule has 0 unspecified atom stereocenters. The fraction of sp³-hybridized carbons (Fsp3) is 0. The summed E-state index contributed by atoms with van der Waals surface area (Å²) < 4.78 is 33.6. The second kappa shape index (κ2) is 6.24. The molecule has 3 aromatic rings. The summed E-state index contributed by atoms with van der Waals surface area (Å²) in [6.07, 6.45) is 1.66. The minimum absolute atomic E-state index is 0.185. The van der Waals surface area contributed by atoms with E-state index >= 15 is 0 Å². The van der Waals surface area contributed by atoms with Gasteiger partial charge in [0.15, 0.2) is 11.5 Å².